The minimum atomic E-state index is -0.781. The molecule has 0 spiro atoms. The van der Waals surface area contributed by atoms with Crippen LogP contribution < -0.4 is 0 Å². The SMILES string of the molecule is CC/C=C\C/C=C\C/C=C\C/C=C\C/C=C\C/C=C\CCCCCCCCCCCCCCCCCCC(=O)OC(CO)COC(=O)CCCCCCC/C=C\C/C=C\CCC. The Morgan fingerprint density at radius 1 is 0.387 bits per heavy atom. The highest BCUT2D eigenvalue weighted by Crippen LogP contribution is 2.15. The van der Waals surface area contributed by atoms with Crippen LogP contribution in [0.3, 0.4) is 0 Å². The van der Waals surface area contributed by atoms with E-state index in [1.165, 1.54) is 109 Å². The van der Waals surface area contributed by atoms with Gasteiger partial charge in [-0.25, -0.2) is 0 Å². The molecule has 0 rings (SSSR count). The number of ether oxygens (including phenoxy) is 2. The van der Waals surface area contributed by atoms with Crippen LogP contribution in [0.2, 0.25) is 0 Å². The maximum absolute atomic E-state index is 12.3. The molecule has 0 aromatic carbocycles. The molecule has 0 fully saturated rings. The fraction of sp³-hybridized carbons (Fsp3) is 0.684. The van der Waals surface area contributed by atoms with E-state index in [0.717, 1.165) is 96.3 Å². The van der Waals surface area contributed by atoms with Gasteiger partial charge in [0.1, 0.15) is 6.61 Å². The lowest BCUT2D eigenvalue weighted by atomic mass is 10.0. The molecule has 0 saturated carbocycles. The van der Waals surface area contributed by atoms with E-state index in [0.29, 0.717) is 12.8 Å². The fourth-order valence-electron chi connectivity index (χ4n) is 7.01. The molecule has 0 aliphatic carbocycles. The van der Waals surface area contributed by atoms with Gasteiger partial charge in [0.2, 0.25) is 0 Å². The molecule has 5 nitrogen and oxygen atoms in total. The summed E-state index contributed by atoms with van der Waals surface area (Å²) >= 11 is 0. The topological polar surface area (TPSA) is 72.8 Å². The number of hydrogen-bond acceptors (Lipinski definition) is 5. The van der Waals surface area contributed by atoms with E-state index in [1.807, 2.05) is 0 Å². The molecule has 62 heavy (non-hydrogen) atoms. The highest BCUT2D eigenvalue weighted by Gasteiger charge is 2.16. The molecule has 0 heterocycles. The van der Waals surface area contributed by atoms with E-state index in [9.17, 15) is 14.7 Å². The molecule has 0 aromatic rings. The molecule has 0 aliphatic heterocycles. The lowest BCUT2D eigenvalue weighted by Crippen LogP contribution is -2.28. The van der Waals surface area contributed by atoms with E-state index in [4.69, 9.17) is 9.47 Å². The highest BCUT2D eigenvalue weighted by molar-refractivity contribution is 5.70. The Balaban J connectivity index is 3.49. The van der Waals surface area contributed by atoms with E-state index < -0.39 is 6.10 Å². The van der Waals surface area contributed by atoms with Crippen molar-refractivity contribution in [3.63, 3.8) is 0 Å². The predicted octanol–water partition coefficient (Wildman–Crippen LogP) is 17.2. The Kier molecular flexibility index (Phi) is 49.5. The molecule has 1 unspecified atom stereocenters. The van der Waals surface area contributed by atoms with Gasteiger partial charge in [0, 0.05) is 12.8 Å². The molecule has 5 heteroatoms. The summed E-state index contributed by atoms with van der Waals surface area (Å²) in [6, 6.07) is 0. The molecule has 0 aromatic heterocycles. The number of aliphatic hydroxyl groups excluding tert-OH is 1. The molecular formula is C57H96O5. The molecule has 354 valence electrons. The van der Waals surface area contributed by atoms with Crippen LogP contribution in [-0.4, -0.2) is 36.4 Å². The van der Waals surface area contributed by atoms with Crippen LogP contribution in [0.4, 0.5) is 0 Å². The van der Waals surface area contributed by atoms with Crippen LogP contribution in [0.25, 0.3) is 0 Å². The van der Waals surface area contributed by atoms with Crippen LogP contribution in [0.5, 0.6) is 0 Å². The molecule has 0 bridgehead atoms. The second-order valence-corrected chi connectivity index (χ2v) is 16.9. The molecule has 0 amide bonds. The minimum absolute atomic E-state index is 0.0755. The Bertz CT molecular complexity index is 1200. The van der Waals surface area contributed by atoms with Crippen molar-refractivity contribution >= 4 is 11.9 Å². The average molecular weight is 861 g/mol. The average Bonchev–Trinajstić information content (AvgIpc) is 3.28. The summed E-state index contributed by atoms with van der Waals surface area (Å²) in [5.74, 6) is -0.608. The summed E-state index contributed by atoms with van der Waals surface area (Å²) in [5.41, 5.74) is 0. The molecule has 1 N–H and O–H groups in total. The molecular weight excluding hydrogens is 765 g/mol. The van der Waals surface area contributed by atoms with Crippen LogP contribution >= 0.6 is 0 Å². The fourth-order valence-corrected chi connectivity index (χ4v) is 7.01. The normalized spacial score (nSPS) is 13.0. The first-order valence-corrected chi connectivity index (χ1v) is 25.8. The van der Waals surface area contributed by atoms with E-state index >= 15 is 0 Å². The van der Waals surface area contributed by atoms with Crippen LogP contribution in [0, 0.1) is 0 Å². The maximum atomic E-state index is 12.3. The van der Waals surface area contributed by atoms with Gasteiger partial charge in [0.15, 0.2) is 6.10 Å². The largest absolute Gasteiger partial charge is 0.462 e. The van der Waals surface area contributed by atoms with Crippen molar-refractivity contribution in [1.82, 2.24) is 0 Å². The summed E-state index contributed by atoms with van der Waals surface area (Å²) in [5, 5.41) is 9.60. The van der Waals surface area contributed by atoms with E-state index in [1.54, 1.807) is 0 Å². The monoisotopic (exact) mass is 861 g/mol. The smallest absolute Gasteiger partial charge is 0.306 e. The molecule has 0 radical (unpaired) electrons. The van der Waals surface area contributed by atoms with Gasteiger partial charge in [0.05, 0.1) is 6.61 Å². The first kappa shape index (κ1) is 58.8. The van der Waals surface area contributed by atoms with Crippen molar-refractivity contribution in [2.45, 2.75) is 238 Å². The van der Waals surface area contributed by atoms with Crippen LogP contribution in [-0.2, 0) is 19.1 Å². The molecule has 0 aliphatic rings. The summed E-state index contributed by atoms with van der Waals surface area (Å²) < 4.78 is 10.6. The van der Waals surface area contributed by atoms with Crippen molar-refractivity contribution in [3.05, 3.63) is 97.2 Å². The molecule has 1 atom stereocenters. The first-order chi connectivity index (χ1) is 30.6. The van der Waals surface area contributed by atoms with Crippen molar-refractivity contribution in [1.29, 1.82) is 0 Å². The Labute approximate surface area is 383 Å². The Morgan fingerprint density at radius 2 is 0.694 bits per heavy atom. The summed E-state index contributed by atoms with van der Waals surface area (Å²) in [7, 11) is 0. The number of carbonyl (C=O) groups excluding carboxylic acids is 2. The zero-order chi connectivity index (χ0) is 44.9. The third-order valence-electron chi connectivity index (χ3n) is 10.8. The van der Waals surface area contributed by atoms with E-state index in [2.05, 4.69) is 111 Å². The number of aliphatic hydroxyl groups is 1. The number of carbonyl (C=O) groups is 2. The lowest BCUT2D eigenvalue weighted by molar-refractivity contribution is -0.161. The Morgan fingerprint density at radius 3 is 1.05 bits per heavy atom. The minimum Gasteiger partial charge on any atom is -0.462 e. The van der Waals surface area contributed by atoms with Gasteiger partial charge in [0.25, 0.3) is 0 Å². The second kappa shape index (κ2) is 52.2. The van der Waals surface area contributed by atoms with Crippen molar-refractivity contribution in [2.75, 3.05) is 13.2 Å². The number of rotatable bonds is 46. The van der Waals surface area contributed by atoms with Crippen molar-refractivity contribution in [2.24, 2.45) is 0 Å². The first-order valence-electron chi connectivity index (χ1n) is 25.8. The van der Waals surface area contributed by atoms with Gasteiger partial charge in [-0.1, -0.05) is 227 Å². The summed E-state index contributed by atoms with van der Waals surface area (Å²) in [4.78, 5) is 24.4. The quantitative estimate of drug-likeness (QED) is 0.0375. The van der Waals surface area contributed by atoms with Gasteiger partial charge in [-0.15, -0.1) is 0 Å². The molecule has 0 saturated heterocycles. The van der Waals surface area contributed by atoms with Crippen LogP contribution in [0.15, 0.2) is 97.2 Å². The number of allylic oxidation sites excluding steroid dienone is 16. The van der Waals surface area contributed by atoms with Crippen molar-refractivity contribution < 1.29 is 24.2 Å². The zero-order valence-corrected chi connectivity index (χ0v) is 40.4. The van der Waals surface area contributed by atoms with Gasteiger partial charge in [-0.3, -0.25) is 9.59 Å². The van der Waals surface area contributed by atoms with Crippen molar-refractivity contribution in [3.8, 4) is 0 Å². The Hall–Kier alpha value is -3.18. The second-order valence-electron chi connectivity index (χ2n) is 16.9. The number of esters is 2. The van der Waals surface area contributed by atoms with Gasteiger partial charge < -0.3 is 14.6 Å². The predicted molar refractivity (Wildman–Crippen MR) is 269 cm³/mol. The van der Waals surface area contributed by atoms with Gasteiger partial charge >= 0.3 is 11.9 Å². The third-order valence-corrected chi connectivity index (χ3v) is 10.8. The highest BCUT2D eigenvalue weighted by atomic mass is 16.6. The van der Waals surface area contributed by atoms with Crippen LogP contribution in [0.1, 0.15) is 232 Å². The van der Waals surface area contributed by atoms with Gasteiger partial charge in [-0.2, -0.15) is 0 Å². The summed E-state index contributed by atoms with van der Waals surface area (Å²) in [6.45, 7) is 3.95. The third kappa shape index (κ3) is 49.5. The lowest BCUT2D eigenvalue weighted by Gasteiger charge is -2.15. The summed E-state index contributed by atoms with van der Waals surface area (Å²) in [6.07, 6.45) is 73.7. The number of unbranched alkanes of at least 4 members (excludes halogenated alkanes) is 22. The zero-order valence-electron chi connectivity index (χ0n) is 40.4. The van der Waals surface area contributed by atoms with E-state index in [-0.39, 0.29) is 25.2 Å². The standard InChI is InChI=1S/C57H96O5/c1-3-5-7-9-11-13-15-17-18-19-20-21-22-23-24-25-26-27-28-29-30-31-32-33-34-35-36-37-38-40-42-44-46-48-50-52-57(60)62-55(53-58)54-61-56(59)51-49-47-45-43-41-39-16-14-12-10-8-6-4-2/h5,7-8,10-11,13-14,16-18,20-21,23-24,26-27,55,58H,3-4,6,9,12,15,19,22,25,28-54H2,1-2H3/b7-5-,10-8-,13-11-,16-14-,18-17-,21-20-,24-23-,27-26-. The van der Waals surface area contributed by atoms with Gasteiger partial charge in [-0.05, 0) is 89.9 Å². The maximum Gasteiger partial charge on any atom is 0.306 e. The number of hydrogen-bond donors (Lipinski definition) is 1.